The van der Waals surface area contributed by atoms with Gasteiger partial charge in [-0.05, 0) is 24.1 Å². The normalized spacial score (nSPS) is 10.2. The summed E-state index contributed by atoms with van der Waals surface area (Å²) in [6.45, 7) is 0.327. The number of benzene rings is 1. The van der Waals surface area contributed by atoms with Gasteiger partial charge in [0.2, 0.25) is 0 Å². The van der Waals surface area contributed by atoms with Gasteiger partial charge in [-0.15, -0.1) is 0 Å². The van der Waals surface area contributed by atoms with Crippen molar-refractivity contribution in [3.8, 4) is 0 Å². The summed E-state index contributed by atoms with van der Waals surface area (Å²) >= 11 is 3.20. The zero-order valence-electron chi connectivity index (χ0n) is 8.51. The van der Waals surface area contributed by atoms with Crippen molar-refractivity contribution in [2.45, 2.75) is 12.8 Å². The van der Waals surface area contributed by atoms with Gasteiger partial charge < -0.3 is 4.74 Å². The Morgan fingerprint density at radius 1 is 1.31 bits per heavy atom. The second kappa shape index (κ2) is 6.58. The second-order valence-electron chi connectivity index (χ2n) is 3.19. The molecule has 16 heavy (non-hydrogen) atoms. The first-order chi connectivity index (χ1) is 7.63. The molecular formula is C11H11BrF2O2. The molecule has 0 radical (unpaired) electrons. The molecule has 0 aliphatic heterocycles. The van der Waals surface area contributed by atoms with Crippen LogP contribution in [0.5, 0.6) is 0 Å². The average Bonchev–Trinajstić information content (AvgIpc) is 2.24. The van der Waals surface area contributed by atoms with Crippen LogP contribution >= 0.6 is 15.9 Å². The number of carbonyl (C=O) groups is 1. The summed E-state index contributed by atoms with van der Waals surface area (Å²) in [5, 5.41) is 0.755. The number of carbonyl (C=O) groups excluding carboxylic acids is 1. The summed E-state index contributed by atoms with van der Waals surface area (Å²) in [4.78, 5) is 11.2. The van der Waals surface area contributed by atoms with Gasteiger partial charge in [0.1, 0.15) is 0 Å². The van der Waals surface area contributed by atoms with Crippen molar-refractivity contribution >= 4 is 21.9 Å². The number of hydrogen-bond donors (Lipinski definition) is 0. The molecule has 5 heteroatoms. The molecule has 0 heterocycles. The molecule has 0 amide bonds. The molecule has 0 aromatic heterocycles. The fourth-order valence-electron chi connectivity index (χ4n) is 1.11. The maximum absolute atomic E-state index is 12.8. The summed E-state index contributed by atoms with van der Waals surface area (Å²) in [6, 6.07) is 3.36. The summed E-state index contributed by atoms with van der Waals surface area (Å²) in [5.74, 6) is -2.31. The van der Waals surface area contributed by atoms with Crippen LogP contribution in [0, 0.1) is 11.6 Å². The lowest BCUT2D eigenvalue weighted by molar-refractivity contribution is -0.142. The van der Waals surface area contributed by atoms with E-state index in [0.29, 0.717) is 12.2 Å². The van der Waals surface area contributed by atoms with Gasteiger partial charge >= 0.3 is 5.97 Å². The maximum atomic E-state index is 12.8. The minimum Gasteiger partial charge on any atom is -0.465 e. The SMILES string of the molecule is O=C(Cc1ccc(F)c(F)c1)OCCCBr. The first-order valence-corrected chi connectivity index (χ1v) is 5.91. The standard InChI is InChI=1S/C11H11BrF2O2/c12-4-1-5-16-11(15)7-8-2-3-9(13)10(14)6-8/h2-3,6H,1,4-5,7H2. The van der Waals surface area contributed by atoms with Crippen LogP contribution in [0.15, 0.2) is 18.2 Å². The van der Waals surface area contributed by atoms with Crippen LogP contribution in [-0.2, 0) is 16.0 Å². The van der Waals surface area contributed by atoms with Gasteiger partial charge in [-0.2, -0.15) is 0 Å². The van der Waals surface area contributed by atoms with E-state index in [0.717, 1.165) is 23.9 Å². The van der Waals surface area contributed by atoms with Gasteiger partial charge in [0.05, 0.1) is 13.0 Å². The first-order valence-electron chi connectivity index (χ1n) is 4.79. The zero-order valence-corrected chi connectivity index (χ0v) is 10.1. The van der Waals surface area contributed by atoms with Crippen molar-refractivity contribution in [1.29, 1.82) is 0 Å². The van der Waals surface area contributed by atoms with Crippen molar-refractivity contribution < 1.29 is 18.3 Å². The van der Waals surface area contributed by atoms with E-state index in [1.807, 2.05) is 0 Å². The highest BCUT2D eigenvalue weighted by molar-refractivity contribution is 9.09. The number of rotatable bonds is 5. The minimum absolute atomic E-state index is 0.0422. The average molecular weight is 293 g/mol. The van der Waals surface area contributed by atoms with Crippen LogP contribution in [0.2, 0.25) is 0 Å². The molecule has 0 aliphatic rings. The van der Waals surface area contributed by atoms with Gasteiger partial charge in [-0.25, -0.2) is 8.78 Å². The van der Waals surface area contributed by atoms with Gasteiger partial charge in [-0.3, -0.25) is 4.79 Å². The first kappa shape index (κ1) is 13.1. The monoisotopic (exact) mass is 292 g/mol. The van der Waals surface area contributed by atoms with E-state index < -0.39 is 17.6 Å². The fraction of sp³-hybridized carbons (Fsp3) is 0.364. The van der Waals surface area contributed by atoms with Crippen molar-refractivity contribution in [3.05, 3.63) is 35.4 Å². The lowest BCUT2D eigenvalue weighted by atomic mass is 10.1. The van der Waals surface area contributed by atoms with E-state index in [1.165, 1.54) is 6.07 Å². The Hall–Kier alpha value is -0.970. The summed E-state index contributed by atoms with van der Waals surface area (Å²) in [7, 11) is 0. The molecule has 88 valence electrons. The highest BCUT2D eigenvalue weighted by Gasteiger charge is 2.07. The van der Waals surface area contributed by atoms with E-state index in [4.69, 9.17) is 4.74 Å². The summed E-state index contributed by atoms with van der Waals surface area (Å²) in [6.07, 6.45) is 0.684. The van der Waals surface area contributed by atoms with Gasteiger partial charge in [0.15, 0.2) is 11.6 Å². The molecule has 0 bridgehead atoms. The molecule has 0 atom stereocenters. The van der Waals surface area contributed by atoms with Crippen molar-refractivity contribution in [2.75, 3.05) is 11.9 Å². The van der Waals surface area contributed by atoms with Crippen LogP contribution in [0.25, 0.3) is 0 Å². The molecule has 1 aromatic rings. The molecule has 0 fully saturated rings. The van der Waals surface area contributed by atoms with E-state index in [2.05, 4.69) is 15.9 Å². The Morgan fingerprint density at radius 2 is 2.06 bits per heavy atom. The van der Waals surface area contributed by atoms with E-state index in [-0.39, 0.29) is 6.42 Å². The largest absolute Gasteiger partial charge is 0.465 e. The number of halogens is 3. The summed E-state index contributed by atoms with van der Waals surface area (Å²) < 4.78 is 30.3. The van der Waals surface area contributed by atoms with Crippen LogP contribution < -0.4 is 0 Å². The highest BCUT2D eigenvalue weighted by Crippen LogP contribution is 2.09. The van der Waals surface area contributed by atoms with Gasteiger partial charge in [0.25, 0.3) is 0 Å². The molecule has 0 N–H and O–H groups in total. The number of esters is 1. The Kier molecular flexibility index (Phi) is 5.38. The topological polar surface area (TPSA) is 26.3 Å². The third-order valence-electron chi connectivity index (χ3n) is 1.87. The Balaban J connectivity index is 2.46. The third kappa shape index (κ3) is 4.26. The van der Waals surface area contributed by atoms with Crippen LogP contribution in [0.3, 0.4) is 0 Å². The van der Waals surface area contributed by atoms with Gasteiger partial charge in [0, 0.05) is 5.33 Å². The van der Waals surface area contributed by atoms with E-state index >= 15 is 0 Å². The molecule has 2 nitrogen and oxygen atoms in total. The predicted octanol–water partition coefficient (Wildman–Crippen LogP) is 2.84. The Labute approximate surface area is 101 Å². The van der Waals surface area contributed by atoms with Crippen LogP contribution in [0.1, 0.15) is 12.0 Å². The van der Waals surface area contributed by atoms with E-state index in [1.54, 1.807) is 0 Å². The molecule has 0 aliphatic carbocycles. The maximum Gasteiger partial charge on any atom is 0.310 e. The van der Waals surface area contributed by atoms with Crippen LogP contribution in [0.4, 0.5) is 8.78 Å². The molecule has 0 spiro atoms. The number of ether oxygens (including phenoxy) is 1. The number of hydrogen-bond acceptors (Lipinski definition) is 2. The molecule has 0 saturated heterocycles. The fourth-order valence-corrected chi connectivity index (χ4v) is 1.34. The van der Waals surface area contributed by atoms with Crippen molar-refractivity contribution in [1.82, 2.24) is 0 Å². The van der Waals surface area contributed by atoms with Crippen molar-refractivity contribution in [2.24, 2.45) is 0 Å². The molecule has 0 saturated carbocycles. The molecule has 1 rings (SSSR count). The minimum atomic E-state index is -0.953. The lowest BCUT2D eigenvalue weighted by Gasteiger charge is -2.04. The molecule has 1 aromatic carbocycles. The Morgan fingerprint density at radius 3 is 2.69 bits per heavy atom. The number of alkyl halides is 1. The molecular weight excluding hydrogens is 282 g/mol. The van der Waals surface area contributed by atoms with E-state index in [9.17, 15) is 13.6 Å². The molecule has 0 unspecified atom stereocenters. The second-order valence-corrected chi connectivity index (χ2v) is 3.98. The predicted molar refractivity (Wildman–Crippen MR) is 59.4 cm³/mol. The third-order valence-corrected chi connectivity index (χ3v) is 2.43. The summed E-state index contributed by atoms with van der Waals surface area (Å²) in [5.41, 5.74) is 0.405. The quantitative estimate of drug-likeness (QED) is 0.474. The van der Waals surface area contributed by atoms with Crippen LogP contribution in [-0.4, -0.2) is 17.9 Å². The smallest absolute Gasteiger partial charge is 0.310 e. The lowest BCUT2D eigenvalue weighted by Crippen LogP contribution is -2.09. The Bertz CT molecular complexity index is 369. The van der Waals surface area contributed by atoms with Gasteiger partial charge in [-0.1, -0.05) is 22.0 Å². The van der Waals surface area contributed by atoms with Crippen molar-refractivity contribution in [3.63, 3.8) is 0 Å². The highest BCUT2D eigenvalue weighted by atomic mass is 79.9. The zero-order chi connectivity index (χ0) is 12.0.